The molecular weight excluding hydrogens is 430 g/mol. The molecule has 4 aromatic rings. The molecule has 0 saturated carbocycles. The largest absolute Gasteiger partial charge is 0.508 e. The molecule has 0 fully saturated rings. The van der Waals surface area contributed by atoms with Gasteiger partial charge in [0.2, 0.25) is 0 Å². The first-order chi connectivity index (χ1) is 15.4. The third kappa shape index (κ3) is 3.92. The highest BCUT2D eigenvalue weighted by Crippen LogP contribution is 2.47. The van der Waals surface area contributed by atoms with Gasteiger partial charge in [-0.2, -0.15) is 0 Å². The van der Waals surface area contributed by atoms with E-state index in [-0.39, 0.29) is 18.1 Å². The lowest BCUT2D eigenvalue weighted by Crippen LogP contribution is -2.10. The quantitative estimate of drug-likeness (QED) is 0.409. The number of thiophene rings is 1. The van der Waals surface area contributed by atoms with E-state index in [1.54, 1.807) is 12.1 Å². The van der Waals surface area contributed by atoms with Crippen molar-refractivity contribution in [2.24, 2.45) is 0 Å². The van der Waals surface area contributed by atoms with E-state index in [4.69, 9.17) is 9.47 Å². The normalized spacial score (nSPS) is 10.9. The summed E-state index contributed by atoms with van der Waals surface area (Å²) in [5.41, 5.74) is 3.67. The van der Waals surface area contributed by atoms with Gasteiger partial charge in [-0.15, -0.1) is 11.3 Å². The van der Waals surface area contributed by atoms with Gasteiger partial charge < -0.3 is 24.3 Å². The zero-order valence-corrected chi connectivity index (χ0v) is 18.3. The first kappa shape index (κ1) is 21.5. The predicted molar refractivity (Wildman–Crippen MR) is 122 cm³/mol. The van der Waals surface area contributed by atoms with Crippen LogP contribution in [0.15, 0.2) is 54.6 Å². The van der Waals surface area contributed by atoms with Gasteiger partial charge in [-0.05, 0) is 23.8 Å². The van der Waals surface area contributed by atoms with Crippen LogP contribution in [0.2, 0.25) is 0 Å². The summed E-state index contributed by atoms with van der Waals surface area (Å²) in [5.74, 6) is -0.980. The van der Waals surface area contributed by atoms with Crippen LogP contribution >= 0.6 is 11.3 Å². The molecular formula is C24H21NO6S. The molecule has 164 valence electrons. The summed E-state index contributed by atoms with van der Waals surface area (Å²) in [6.45, 7) is 1.76. The number of nitrogens with zero attached hydrogens (tertiary/aromatic N) is 1. The minimum absolute atomic E-state index is 0.0553. The summed E-state index contributed by atoms with van der Waals surface area (Å²) >= 11 is 1.30. The van der Waals surface area contributed by atoms with Crippen LogP contribution in [0.5, 0.6) is 11.5 Å². The average molecular weight is 452 g/mol. The summed E-state index contributed by atoms with van der Waals surface area (Å²) in [6.07, 6.45) is 0. The predicted octanol–water partition coefficient (Wildman–Crippen LogP) is 4.80. The van der Waals surface area contributed by atoms with Gasteiger partial charge in [-0.3, -0.25) is 4.79 Å². The Labute approximate surface area is 188 Å². The van der Waals surface area contributed by atoms with Crippen LogP contribution in [0, 0.1) is 0 Å². The Kier molecular flexibility index (Phi) is 5.87. The maximum Gasteiger partial charge on any atom is 0.348 e. The van der Waals surface area contributed by atoms with Gasteiger partial charge in [0.1, 0.15) is 23.0 Å². The standard InChI is InChI=1S/C24H21NO6S/c1-14(26)31-11-10-25-18-13-20(24(29)30-2)32-23(18)21(15-6-4-3-5-7-15)22(25)17-9-8-16(27)12-19(17)28/h3-9,12-13,27-28H,10-11H2,1-2H3. The molecule has 2 aromatic carbocycles. The summed E-state index contributed by atoms with van der Waals surface area (Å²) in [6, 6.07) is 15.8. The van der Waals surface area contributed by atoms with Gasteiger partial charge in [-0.25, -0.2) is 4.79 Å². The van der Waals surface area contributed by atoms with Gasteiger partial charge in [0.05, 0.1) is 29.6 Å². The van der Waals surface area contributed by atoms with E-state index < -0.39 is 11.9 Å². The van der Waals surface area contributed by atoms with Crippen molar-refractivity contribution in [2.45, 2.75) is 13.5 Å². The van der Waals surface area contributed by atoms with Crippen molar-refractivity contribution in [2.75, 3.05) is 13.7 Å². The number of hydrogen-bond donors (Lipinski definition) is 2. The molecule has 0 amide bonds. The number of rotatable bonds is 6. The number of fused-ring (bicyclic) bond motifs is 1. The number of benzene rings is 2. The first-order valence-electron chi connectivity index (χ1n) is 9.86. The number of phenolic OH excluding ortho intramolecular Hbond substituents is 2. The van der Waals surface area contributed by atoms with Crippen LogP contribution in [0.25, 0.3) is 32.6 Å². The molecule has 2 N–H and O–H groups in total. The zero-order chi connectivity index (χ0) is 22.8. The molecule has 0 spiro atoms. The second-order valence-electron chi connectivity index (χ2n) is 7.10. The molecule has 7 nitrogen and oxygen atoms in total. The summed E-state index contributed by atoms with van der Waals surface area (Å²) in [4.78, 5) is 24.0. The van der Waals surface area contributed by atoms with Crippen molar-refractivity contribution in [3.8, 4) is 33.9 Å². The molecule has 0 saturated heterocycles. The highest BCUT2D eigenvalue weighted by atomic mass is 32.1. The second kappa shape index (κ2) is 8.76. The number of carbonyl (C=O) groups excluding carboxylic acids is 2. The van der Waals surface area contributed by atoms with Crippen LogP contribution in [0.3, 0.4) is 0 Å². The molecule has 2 heterocycles. The van der Waals surface area contributed by atoms with Crippen LogP contribution in [0.4, 0.5) is 0 Å². The minimum atomic E-state index is -0.439. The Balaban J connectivity index is 2.04. The van der Waals surface area contributed by atoms with Crippen molar-refractivity contribution >= 4 is 33.5 Å². The van der Waals surface area contributed by atoms with Crippen molar-refractivity contribution < 1.29 is 29.3 Å². The summed E-state index contributed by atoms with van der Waals surface area (Å²) in [5, 5.41) is 20.5. The molecule has 0 bridgehead atoms. The molecule has 0 atom stereocenters. The minimum Gasteiger partial charge on any atom is -0.508 e. The fraction of sp³-hybridized carbons (Fsp3) is 0.167. The maximum atomic E-state index is 12.2. The van der Waals surface area contributed by atoms with Crippen molar-refractivity contribution in [3.05, 3.63) is 59.5 Å². The average Bonchev–Trinajstić information content (AvgIpc) is 3.31. The van der Waals surface area contributed by atoms with Gasteiger partial charge >= 0.3 is 11.9 Å². The number of methoxy groups -OCH3 is 1. The number of hydrogen-bond acceptors (Lipinski definition) is 7. The Morgan fingerprint density at radius 3 is 2.47 bits per heavy atom. The van der Waals surface area contributed by atoms with E-state index in [1.165, 1.54) is 37.5 Å². The van der Waals surface area contributed by atoms with Gasteiger partial charge in [-0.1, -0.05) is 30.3 Å². The summed E-state index contributed by atoms with van der Waals surface area (Å²) < 4.78 is 12.8. The monoisotopic (exact) mass is 451 g/mol. The lowest BCUT2D eigenvalue weighted by molar-refractivity contribution is -0.141. The highest BCUT2D eigenvalue weighted by Gasteiger charge is 2.26. The highest BCUT2D eigenvalue weighted by molar-refractivity contribution is 7.21. The fourth-order valence-electron chi connectivity index (χ4n) is 3.71. The van der Waals surface area contributed by atoms with Crippen molar-refractivity contribution in [1.82, 2.24) is 4.57 Å². The number of aromatic hydroxyl groups is 2. The molecule has 0 unspecified atom stereocenters. The first-order valence-corrected chi connectivity index (χ1v) is 10.7. The van der Waals surface area contributed by atoms with E-state index in [0.717, 1.165) is 21.3 Å². The molecule has 0 radical (unpaired) electrons. The molecule has 2 aromatic heterocycles. The third-order valence-electron chi connectivity index (χ3n) is 5.04. The van der Waals surface area contributed by atoms with Crippen molar-refractivity contribution in [3.63, 3.8) is 0 Å². The van der Waals surface area contributed by atoms with E-state index in [1.807, 2.05) is 34.9 Å². The lowest BCUT2D eigenvalue weighted by atomic mass is 10.0. The summed E-state index contributed by atoms with van der Waals surface area (Å²) in [7, 11) is 1.33. The molecule has 8 heteroatoms. The molecule has 0 aliphatic carbocycles. The second-order valence-corrected chi connectivity index (χ2v) is 8.15. The van der Waals surface area contributed by atoms with E-state index in [9.17, 15) is 19.8 Å². The topological polar surface area (TPSA) is 98.0 Å². The van der Waals surface area contributed by atoms with Crippen LogP contribution in [-0.2, 0) is 20.8 Å². The Morgan fingerprint density at radius 2 is 1.81 bits per heavy atom. The van der Waals surface area contributed by atoms with Gasteiger partial charge in [0.25, 0.3) is 0 Å². The SMILES string of the molecule is COC(=O)c1cc2c(s1)c(-c1ccccc1)c(-c1ccc(O)cc1O)n2CCOC(C)=O. The lowest BCUT2D eigenvalue weighted by Gasteiger charge is -2.14. The molecule has 32 heavy (non-hydrogen) atoms. The van der Waals surface area contributed by atoms with Crippen LogP contribution < -0.4 is 0 Å². The molecule has 4 rings (SSSR count). The van der Waals surface area contributed by atoms with Crippen molar-refractivity contribution in [1.29, 1.82) is 0 Å². The van der Waals surface area contributed by atoms with Gasteiger partial charge in [0, 0.05) is 24.1 Å². The molecule has 0 aliphatic rings. The van der Waals surface area contributed by atoms with Crippen LogP contribution in [-0.4, -0.2) is 40.4 Å². The Bertz CT molecular complexity index is 1310. The number of esters is 2. The van der Waals surface area contributed by atoms with E-state index in [2.05, 4.69) is 0 Å². The van der Waals surface area contributed by atoms with Gasteiger partial charge in [0.15, 0.2) is 0 Å². The smallest absolute Gasteiger partial charge is 0.348 e. The van der Waals surface area contributed by atoms with E-state index in [0.29, 0.717) is 22.7 Å². The third-order valence-corrected chi connectivity index (χ3v) is 6.16. The van der Waals surface area contributed by atoms with Crippen LogP contribution in [0.1, 0.15) is 16.6 Å². The maximum absolute atomic E-state index is 12.2. The zero-order valence-electron chi connectivity index (χ0n) is 17.5. The number of ether oxygens (including phenoxy) is 2. The Morgan fingerprint density at radius 1 is 1.06 bits per heavy atom. The number of carbonyl (C=O) groups is 2. The fourth-order valence-corrected chi connectivity index (χ4v) is 4.86. The Hall–Kier alpha value is -3.78. The molecule has 0 aliphatic heterocycles. The van der Waals surface area contributed by atoms with E-state index >= 15 is 0 Å². The number of phenols is 2. The number of aromatic nitrogens is 1.